The fourth-order valence-electron chi connectivity index (χ4n) is 0.797. The standard InChI is InChI=1S/C8H9N3/c9-5-7(6-10)8-3-1-2-4-11-8/h1-4,11H,5,9H2/b8-7-. The number of nitrogens with one attached hydrogen (secondary N) is 1. The lowest BCUT2D eigenvalue weighted by Crippen LogP contribution is -2.13. The third-order valence-corrected chi connectivity index (χ3v) is 1.37. The van der Waals surface area contributed by atoms with Crippen molar-refractivity contribution in [2.24, 2.45) is 5.73 Å². The third kappa shape index (κ3) is 1.69. The summed E-state index contributed by atoms with van der Waals surface area (Å²) in [6, 6.07) is 2.03. The quantitative estimate of drug-likeness (QED) is 0.527. The van der Waals surface area contributed by atoms with Crippen molar-refractivity contribution >= 4 is 0 Å². The number of rotatable bonds is 1. The summed E-state index contributed by atoms with van der Waals surface area (Å²) < 4.78 is 0. The zero-order valence-electron chi connectivity index (χ0n) is 6.04. The van der Waals surface area contributed by atoms with E-state index in [0.717, 1.165) is 5.70 Å². The van der Waals surface area contributed by atoms with E-state index in [4.69, 9.17) is 11.0 Å². The summed E-state index contributed by atoms with van der Waals surface area (Å²) in [6.45, 7) is 0.275. The van der Waals surface area contributed by atoms with Gasteiger partial charge in [0, 0.05) is 12.7 Å². The van der Waals surface area contributed by atoms with Gasteiger partial charge in [-0.3, -0.25) is 0 Å². The lowest BCUT2D eigenvalue weighted by atomic mass is 10.2. The van der Waals surface area contributed by atoms with Crippen molar-refractivity contribution in [2.45, 2.75) is 0 Å². The summed E-state index contributed by atoms with van der Waals surface area (Å²) in [4.78, 5) is 0. The Bertz CT molecular complexity index is 266. The topological polar surface area (TPSA) is 61.8 Å². The van der Waals surface area contributed by atoms with Crippen LogP contribution in [0.5, 0.6) is 0 Å². The number of dihydropyridines is 1. The molecule has 0 saturated heterocycles. The molecule has 0 fully saturated rings. The van der Waals surface area contributed by atoms with Gasteiger partial charge >= 0.3 is 0 Å². The Hall–Kier alpha value is -1.53. The van der Waals surface area contributed by atoms with E-state index in [1.54, 1.807) is 6.20 Å². The van der Waals surface area contributed by atoms with Gasteiger partial charge in [-0.25, -0.2) is 0 Å². The molecule has 0 aromatic carbocycles. The molecule has 1 aliphatic heterocycles. The molecule has 1 heterocycles. The summed E-state index contributed by atoms with van der Waals surface area (Å²) in [5.74, 6) is 0. The molecule has 0 aliphatic carbocycles. The lowest BCUT2D eigenvalue weighted by Gasteiger charge is -2.06. The number of nitrogens with two attached hydrogens (primary N) is 1. The first-order valence-electron chi connectivity index (χ1n) is 3.31. The molecule has 0 bridgehead atoms. The number of allylic oxidation sites excluding steroid dienone is 3. The Kier molecular flexibility index (Phi) is 2.47. The molecule has 3 nitrogen and oxygen atoms in total. The first-order chi connectivity index (χ1) is 5.38. The zero-order valence-corrected chi connectivity index (χ0v) is 6.04. The Labute approximate surface area is 65.5 Å². The van der Waals surface area contributed by atoms with Gasteiger partial charge in [-0.1, -0.05) is 6.08 Å². The molecule has 56 valence electrons. The summed E-state index contributed by atoms with van der Waals surface area (Å²) in [7, 11) is 0. The summed E-state index contributed by atoms with van der Waals surface area (Å²) >= 11 is 0. The van der Waals surface area contributed by atoms with Crippen LogP contribution >= 0.6 is 0 Å². The SMILES string of the molecule is N#C/C(CN)=C1/C=CC=CN1. The summed E-state index contributed by atoms with van der Waals surface area (Å²) in [5, 5.41) is 11.5. The van der Waals surface area contributed by atoms with E-state index in [-0.39, 0.29) is 6.54 Å². The van der Waals surface area contributed by atoms with Crippen LogP contribution in [-0.4, -0.2) is 6.54 Å². The molecule has 0 spiro atoms. The normalized spacial score (nSPS) is 18.9. The van der Waals surface area contributed by atoms with Crippen molar-refractivity contribution in [3.63, 3.8) is 0 Å². The molecule has 0 amide bonds. The smallest absolute Gasteiger partial charge is 0.0982 e. The second kappa shape index (κ2) is 3.59. The molecule has 3 heteroatoms. The maximum Gasteiger partial charge on any atom is 0.0982 e. The van der Waals surface area contributed by atoms with Gasteiger partial charge in [0.1, 0.15) is 0 Å². The van der Waals surface area contributed by atoms with E-state index in [9.17, 15) is 0 Å². The van der Waals surface area contributed by atoms with Crippen LogP contribution in [0, 0.1) is 11.3 Å². The first-order valence-corrected chi connectivity index (χ1v) is 3.31. The van der Waals surface area contributed by atoms with E-state index in [2.05, 4.69) is 5.32 Å². The highest BCUT2D eigenvalue weighted by Crippen LogP contribution is 2.03. The van der Waals surface area contributed by atoms with Crippen LogP contribution in [0.3, 0.4) is 0 Å². The van der Waals surface area contributed by atoms with Crippen LogP contribution in [0.2, 0.25) is 0 Å². The van der Waals surface area contributed by atoms with Gasteiger partial charge in [0.2, 0.25) is 0 Å². The minimum atomic E-state index is 0.275. The molecular formula is C8H9N3. The summed E-state index contributed by atoms with van der Waals surface area (Å²) in [6.07, 6.45) is 7.31. The Morgan fingerprint density at radius 1 is 1.64 bits per heavy atom. The average molecular weight is 147 g/mol. The van der Waals surface area contributed by atoms with E-state index in [1.807, 2.05) is 24.3 Å². The fourth-order valence-corrected chi connectivity index (χ4v) is 0.797. The van der Waals surface area contributed by atoms with Crippen molar-refractivity contribution in [1.82, 2.24) is 5.32 Å². The van der Waals surface area contributed by atoms with Gasteiger partial charge in [0.15, 0.2) is 0 Å². The largest absolute Gasteiger partial charge is 0.361 e. The number of hydrogen-bond donors (Lipinski definition) is 2. The number of nitriles is 1. The maximum atomic E-state index is 8.59. The van der Waals surface area contributed by atoms with Gasteiger partial charge in [0.05, 0.1) is 17.3 Å². The second-order valence-corrected chi connectivity index (χ2v) is 2.07. The second-order valence-electron chi connectivity index (χ2n) is 2.07. The highest BCUT2D eigenvalue weighted by molar-refractivity contribution is 5.38. The zero-order chi connectivity index (χ0) is 8.10. The molecule has 0 radical (unpaired) electrons. The number of nitrogens with zero attached hydrogens (tertiary/aromatic N) is 1. The van der Waals surface area contributed by atoms with Gasteiger partial charge in [-0.05, 0) is 12.2 Å². The van der Waals surface area contributed by atoms with Crippen LogP contribution in [0.4, 0.5) is 0 Å². The first kappa shape index (κ1) is 7.58. The van der Waals surface area contributed by atoms with E-state index >= 15 is 0 Å². The van der Waals surface area contributed by atoms with Crippen molar-refractivity contribution in [2.75, 3.05) is 6.54 Å². The maximum absolute atomic E-state index is 8.59. The third-order valence-electron chi connectivity index (χ3n) is 1.37. The molecule has 0 atom stereocenters. The van der Waals surface area contributed by atoms with Crippen LogP contribution in [0.25, 0.3) is 0 Å². The van der Waals surface area contributed by atoms with Crippen molar-refractivity contribution < 1.29 is 0 Å². The molecule has 0 aromatic heterocycles. The molecule has 0 unspecified atom stereocenters. The van der Waals surface area contributed by atoms with Gasteiger partial charge in [0.25, 0.3) is 0 Å². The van der Waals surface area contributed by atoms with Gasteiger partial charge in [-0.15, -0.1) is 0 Å². The van der Waals surface area contributed by atoms with Gasteiger partial charge in [-0.2, -0.15) is 5.26 Å². The van der Waals surface area contributed by atoms with Crippen molar-refractivity contribution in [3.05, 3.63) is 35.7 Å². The highest BCUT2D eigenvalue weighted by Gasteiger charge is 2.00. The number of hydrogen-bond acceptors (Lipinski definition) is 3. The molecular weight excluding hydrogens is 138 g/mol. The Morgan fingerprint density at radius 3 is 2.91 bits per heavy atom. The van der Waals surface area contributed by atoms with Crippen LogP contribution in [0.1, 0.15) is 0 Å². The molecule has 0 saturated carbocycles. The van der Waals surface area contributed by atoms with Crippen molar-refractivity contribution in [1.29, 1.82) is 5.26 Å². The predicted octanol–water partition coefficient (Wildman–Crippen LogP) is 0.396. The van der Waals surface area contributed by atoms with Crippen LogP contribution in [-0.2, 0) is 0 Å². The molecule has 0 aromatic rings. The fraction of sp³-hybridized carbons (Fsp3) is 0.125. The lowest BCUT2D eigenvalue weighted by molar-refractivity contribution is 1.04. The van der Waals surface area contributed by atoms with E-state index in [0.29, 0.717) is 5.57 Å². The molecule has 11 heavy (non-hydrogen) atoms. The van der Waals surface area contributed by atoms with E-state index < -0.39 is 0 Å². The Balaban J connectivity index is 2.88. The molecule has 1 rings (SSSR count). The van der Waals surface area contributed by atoms with Crippen LogP contribution < -0.4 is 11.1 Å². The Morgan fingerprint density at radius 2 is 2.45 bits per heavy atom. The van der Waals surface area contributed by atoms with E-state index in [1.165, 1.54) is 0 Å². The molecule has 1 aliphatic rings. The van der Waals surface area contributed by atoms with Crippen LogP contribution in [0.15, 0.2) is 35.7 Å². The summed E-state index contributed by atoms with van der Waals surface area (Å²) in [5.41, 5.74) is 6.70. The monoisotopic (exact) mass is 147 g/mol. The minimum Gasteiger partial charge on any atom is -0.361 e. The average Bonchev–Trinajstić information content (AvgIpc) is 2.09. The predicted molar refractivity (Wildman–Crippen MR) is 43.1 cm³/mol. The highest BCUT2D eigenvalue weighted by atomic mass is 14.9. The minimum absolute atomic E-state index is 0.275. The van der Waals surface area contributed by atoms with Gasteiger partial charge < -0.3 is 11.1 Å². The van der Waals surface area contributed by atoms with Crippen molar-refractivity contribution in [3.8, 4) is 6.07 Å². The molecule has 3 N–H and O–H groups in total.